The summed E-state index contributed by atoms with van der Waals surface area (Å²) in [6.07, 6.45) is 7.41. The van der Waals surface area contributed by atoms with Crippen molar-refractivity contribution in [2.75, 3.05) is 0 Å². The zero-order chi connectivity index (χ0) is 34.6. The lowest BCUT2D eigenvalue weighted by Gasteiger charge is -2.18. The summed E-state index contributed by atoms with van der Waals surface area (Å²) in [7, 11) is 0. The van der Waals surface area contributed by atoms with Crippen LogP contribution in [0.4, 0.5) is 0 Å². The molecule has 4 heteroatoms. The molecule has 0 fully saturated rings. The molecule has 2 aromatic heterocycles. The molecule has 52 heavy (non-hydrogen) atoms. The Balaban J connectivity index is 1.13. The van der Waals surface area contributed by atoms with Crippen molar-refractivity contribution in [1.82, 2.24) is 15.0 Å². The fourth-order valence-corrected chi connectivity index (χ4v) is 7.71. The molecule has 1 unspecified atom stereocenters. The van der Waals surface area contributed by atoms with Gasteiger partial charge in [0.1, 0.15) is 11.2 Å². The number of furan rings is 1. The predicted molar refractivity (Wildman–Crippen MR) is 215 cm³/mol. The summed E-state index contributed by atoms with van der Waals surface area (Å²) < 4.78 is 6.57. The molecule has 1 aliphatic carbocycles. The van der Waals surface area contributed by atoms with Crippen LogP contribution in [-0.4, -0.2) is 15.0 Å². The van der Waals surface area contributed by atoms with Crippen molar-refractivity contribution in [3.8, 4) is 45.0 Å². The molecule has 0 aliphatic heterocycles. The van der Waals surface area contributed by atoms with Crippen LogP contribution in [0.3, 0.4) is 0 Å². The first-order valence-corrected chi connectivity index (χ1v) is 17.8. The van der Waals surface area contributed by atoms with Crippen molar-refractivity contribution in [3.05, 3.63) is 170 Å². The van der Waals surface area contributed by atoms with Gasteiger partial charge in [-0.3, -0.25) is 0 Å². The van der Waals surface area contributed by atoms with Gasteiger partial charge in [-0.15, -0.1) is 0 Å². The van der Waals surface area contributed by atoms with Gasteiger partial charge in [-0.25, -0.2) is 15.0 Å². The van der Waals surface area contributed by atoms with E-state index in [2.05, 4.69) is 153 Å². The third-order valence-electron chi connectivity index (χ3n) is 10.4. The van der Waals surface area contributed by atoms with E-state index in [-0.39, 0.29) is 0 Å². The van der Waals surface area contributed by atoms with Gasteiger partial charge in [0.25, 0.3) is 0 Å². The number of fused-ring (bicyclic) bond motifs is 5. The first kappa shape index (κ1) is 30.2. The molecule has 0 bridgehead atoms. The van der Waals surface area contributed by atoms with E-state index in [9.17, 15) is 0 Å². The van der Waals surface area contributed by atoms with Crippen LogP contribution in [0, 0.1) is 5.92 Å². The van der Waals surface area contributed by atoms with Crippen molar-refractivity contribution < 1.29 is 4.42 Å². The van der Waals surface area contributed by atoms with E-state index < -0.39 is 0 Å². The second-order valence-corrected chi connectivity index (χ2v) is 13.6. The Morgan fingerprint density at radius 3 is 2.08 bits per heavy atom. The number of benzene rings is 7. The smallest absolute Gasteiger partial charge is 0.164 e. The highest BCUT2D eigenvalue weighted by Gasteiger charge is 2.21. The summed E-state index contributed by atoms with van der Waals surface area (Å²) in [5.41, 5.74) is 9.39. The fourth-order valence-electron chi connectivity index (χ4n) is 7.71. The number of allylic oxidation sites excluding steroid dienone is 4. The Bertz CT molecular complexity index is 2900. The molecule has 9 aromatic rings. The lowest BCUT2D eigenvalue weighted by molar-refractivity contribution is 0.669. The summed E-state index contributed by atoms with van der Waals surface area (Å²) in [6.45, 7) is 2.23. The summed E-state index contributed by atoms with van der Waals surface area (Å²) >= 11 is 0. The number of rotatable bonds is 5. The molecular weight excluding hydrogens is 635 g/mol. The Kier molecular flexibility index (Phi) is 7.14. The summed E-state index contributed by atoms with van der Waals surface area (Å²) in [5, 5.41) is 6.89. The lowest BCUT2D eigenvalue weighted by Crippen LogP contribution is -2.08. The van der Waals surface area contributed by atoms with E-state index in [0.29, 0.717) is 17.6 Å². The van der Waals surface area contributed by atoms with Crippen molar-refractivity contribution in [2.45, 2.75) is 13.3 Å². The molecule has 1 aliphatic rings. The van der Waals surface area contributed by atoms with Crippen LogP contribution >= 0.6 is 0 Å². The average molecular weight is 668 g/mol. The van der Waals surface area contributed by atoms with Crippen LogP contribution in [0.5, 0.6) is 0 Å². The third-order valence-corrected chi connectivity index (χ3v) is 10.4. The molecule has 0 radical (unpaired) electrons. The summed E-state index contributed by atoms with van der Waals surface area (Å²) in [4.78, 5) is 15.3. The summed E-state index contributed by atoms with van der Waals surface area (Å²) in [6, 6.07) is 51.2. The van der Waals surface area contributed by atoms with Crippen molar-refractivity contribution in [1.29, 1.82) is 0 Å². The van der Waals surface area contributed by atoms with Crippen LogP contribution in [0.25, 0.3) is 94.1 Å². The normalized spacial score (nSPS) is 14.4. The zero-order valence-electron chi connectivity index (χ0n) is 28.6. The number of hydrogen-bond acceptors (Lipinski definition) is 4. The topological polar surface area (TPSA) is 51.8 Å². The molecule has 0 spiro atoms. The van der Waals surface area contributed by atoms with E-state index in [1.807, 2.05) is 18.2 Å². The van der Waals surface area contributed by atoms with Gasteiger partial charge >= 0.3 is 0 Å². The highest BCUT2D eigenvalue weighted by molar-refractivity contribution is 6.16. The Hall–Kier alpha value is -6.65. The number of nitrogens with zero attached hydrogens (tertiary/aromatic N) is 3. The predicted octanol–water partition coefficient (Wildman–Crippen LogP) is 12.7. The van der Waals surface area contributed by atoms with Gasteiger partial charge in [-0.2, -0.15) is 0 Å². The van der Waals surface area contributed by atoms with Gasteiger partial charge in [-0.1, -0.05) is 140 Å². The van der Waals surface area contributed by atoms with Crippen molar-refractivity contribution in [2.24, 2.45) is 5.92 Å². The molecular formula is C48H33N3O. The van der Waals surface area contributed by atoms with E-state index >= 15 is 0 Å². The lowest BCUT2D eigenvalue weighted by atomic mass is 9.91. The second-order valence-electron chi connectivity index (χ2n) is 13.6. The van der Waals surface area contributed by atoms with Crippen LogP contribution in [0.1, 0.15) is 19.2 Å². The minimum absolute atomic E-state index is 0.317. The maximum absolute atomic E-state index is 6.57. The molecule has 2 heterocycles. The maximum atomic E-state index is 6.57. The minimum atomic E-state index is 0.317. The SMILES string of the molecule is CC1CC=CC=C1c1nc(-c2ccccc2)nc(-c2ccc(-c3cccc4oc5cc(-c6ccc7ccccc7c6)ccc5c34)c3ccccc23)n1. The first-order chi connectivity index (χ1) is 25.7. The van der Waals surface area contributed by atoms with Gasteiger partial charge < -0.3 is 4.42 Å². The molecule has 246 valence electrons. The molecule has 4 nitrogen and oxygen atoms in total. The quantitative estimate of drug-likeness (QED) is 0.183. The van der Waals surface area contributed by atoms with Gasteiger partial charge in [0.05, 0.1) is 0 Å². The molecule has 10 rings (SSSR count). The second kappa shape index (κ2) is 12.3. The highest BCUT2D eigenvalue weighted by atomic mass is 16.3. The van der Waals surface area contributed by atoms with Gasteiger partial charge in [-0.05, 0) is 86.5 Å². The van der Waals surface area contributed by atoms with Crippen LogP contribution < -0.4 is 0 Å². The Morgan fingerprint density at radius 1 is 0.500 bits per heavy atom. The number of aromatic nitrogens is 3. The van der Waals surface area contributed by atoms with Crippen LogP contribution in [-0.2, 0) is 0 Å². The monoisotopic (exact) mass is 667 g/mol. The molecule has 0 N–H and O–H groups in total. The summed E-state index contributed by atoms with van der Waals surface area (Å²) in [5.74, 6) is 2.39. The molecule has 0 saturated heterocycles. The Labute approximate surface area is 301 Å². The number of hydrogen-bond donors (Lipinski definition) is 0. The van der Waals surface area contributed by atoms with E-state index in [1.165, 1.54) is 16.3 Å². The molecule has 1 atom stereocenters. The zero-order valence-corrected chi connectivity index (χ0v) is 28.6. The van der Waals surface area contributed by atoms with Crippen molar-refractivity contribution in [3.63, 3.8) is 0 Å². The van der Waals surface area contributed by atoms with Gasteiger partial charge in [0.15, 0.2) is 17.5 Å². The van der Waals surface area contributed by atoms with Crippen molar-refractivity contribution >= 4 is 49.1 Å². The van der Waals surface area contributed by atoms with E-state index in [1.54, 1.807) is 0 Å². The standard InChI is InChI=1S/C48H33N3O/c1-30-12-5-8-17-36(30)47-49-46(32-14-3-2-4-15-32)50-48(51-47)41-27-26-39(37-18-9-10-19-38(37)41)40-20-11-21-43-45(40)42-25-24-35(29-44(42)52-43)34-23-22-31-13-6-7-16-33(31)28-34/h2-11,13-30H,12H2,1H3. The van der Waals surface area contributed by atoms with Gasteiger partial charge in [0, 0.05) is 27.5 Å². The fraction of sp³-hybridized carbons (Fsp3) is 0.0625. The molecule has 0 amide bonds. The maximum Gasteiger partial charge on any atom is 0.164 e. The molecule has 7 aromatic carbocycles. The Morgan fingerprint density at radius 2 is 1.21 bits per heavy atom. The van der Waals surface area contributed by atoms with E-state index in [4.69, 9.17) is 19.4 Å². The minimum Gasteiger partial charge on any atom is -0.456 e. The highest BCUT2D eigenvalue weighted by Crippen LogP contribution is 2.42. The van der Waals surface area contributed by atoms with Crippen LogP contribution in [0.15, 0.2) is 168 Å². The van der Waals surface area contributed by atoms with Crippen LogP contribution in [0.2, 0.25) is 0 Å². The van der Waals surface area contributed by atoms with Gasteiger partial charge in [0.2, 0.25) is 0 Å². The average Bonchev–Trinajstić information content (AvgIpc) is 3.59. The molecule has 0 saturated carbocycles. The van der Waals surface area contributed by atoms with E-state index in [0.717, 1.165) is 78.3 Å². The first-order valence-electron chi connectivity index (χ1n) is 17.8. The third kappa shape index (κ3) is 5.11. The largest absolute Gasteiger partial charge is 0.456 e.